The van der Waals surface area contributed by atoms with Crippen LogP contribution in [0.2, 0.25) is 0 Å². The van der Waals surface area contributed by atoms with Crippen molar-refractivity contribution in [1.82, 2.24) is 0 Å². The number of hydrogen-bond donors (Lipinski definition) is 2. The molecule has 2 atom stereocenters. The van der Waals surface area contributed by atoms with E-state index < -0.39 is 28.7 Å². The fraction of sp³-hybridized carbons (Fsp3) is 0. The van der Waals surface area contributed by atoms with E-state index in [9.17, 15) is 12.8 Å². The van der Waals surface area contributed by atoms with Crippen LogP contribution in [0.1, 0.15) is 0 Å². The van der Waals surface area contributed by atoms with Gasteiger partial charge in [0, 0.05) is 0 Å². The Balaban J connectivity index is 3.81. The minimum Gasteiger partial charge on any atom is -0.381 e. The first kappa shape index (κ1) is 10.5. The van der Waals surface area contributed by atoms with Crippen molar-refractivity contribution in [3.63, 3.8) is 0 Å². The average molecular weight is 206 g/mol. The van der Waals surface area contributed by atoms with Gasteiger partial charge in [-0.05, 0) is 0 Å². The van der Waals surface area contributed by atoms with Crippen LogP contribution in [0.25, 0.3) is 0 Å². The second-order valence-electron chi connectivity index (χ2n) is 1.04. The van der Waals surface area contributed by atoms with Crippen LogP contribution in [0.3, 0.4) is 0 Å². The molecule has 2 N–H and O–H groups in total. The van der Waals surface area contributed by atoms with Gasteiger partial charge in [0.25, 0.3) is 0 Å². The molecule has 0 saturated heterocycles. The molecule has 6 nitrogen and oxygen atoms in total. The maximum Gasteiger partial charge on any atom is 0.359 e. The first-order chi connectivity index (χ1) is 5.02. The molecule has 0 aromatic rings. The van der Waals surface area contributed by atoms with Crippen molar-refractivity contribution >= 4 is 22.7 Å². The fourth-order valence-corrected chi connectivity index (χ4v) is 0.500. The minimum absolute atomic E-state index is 0.0875. The molecule has 11 heavy (non-hydrogen) atoms. The molecule has 2 unspecified atom stereocenters. The van der Waals surface area contributed by atoms with Crippen LogP contribution in [0, 0.1) is 0 Å². The smallest absolute Gasteiger partial charge is 0.359 e. The average Bonchev–Trinajstić information content (AvgIpc) is 1.82. The quantitative estimate of drug-likeness (QED) is 0.499. The maximum absolute atomic E-state index is 11.9. The zero-order valence-corrected chi connectivity index (χ0v) is 6.43. The van der Waals surface area contributed by atoms with E-state index in [4.69, 9.17) is 9.11 Å². The first-order valence-electron chi connectivity index (χ1n) is 1.95. The summed E-state index contributed by atoms with van der Waals surface area (Å²) in [5.41, 5.74) is 0. The van der Waals surface area contributed by atoms with Crippen LogP contribution in [-0.2, 0) is 31.1 Å². The predicted molar refractivity (Wildman–Crippen MR) is 32.9 cm³/mol. The van der Waals surface area contributed by atoms with E-state index in [1.54, 1.807) is 0 Å². The van der Waals surface area contributed by atoms with Gasteiger partial charge < -0.3 is 8.37 Å². The van der Waals surface area contributed by atoms with Crippen molar-refractivity contribution in [1.29, 1.82) is 0 Å². The number of rotatable bonds is 4. The van der Waals surface area contributed by atoms with E-state index in [1.165, 1.54) is 0 Å². The fourth-order valence-electron chi connectivity index (χ4n) is 0.167. The monoisotopic (exact) mass is 206 g/mol. The van der Waals surface area contributed by atoms with Gasteiger partial charge in [-0.2, -0.15) is 12.8 Å². The van der Waals surface area contributed by atoms with Crippen molar-refractivity contribution in [3.05, 3.63) is 12.3 Å². The Morgan fingerprint density at radius 1 is 1.36 bits per heavy atom. The van der Waals surface area contributed by atoms with Gasteiger partial charge in [-0.1, -0.05) is 0 Å². The summed E-state index contributed by atoms with van der Waals surface area (Å²) in [4.78, 5) is 0. The summed E-state index contributed by atoms with van der Waals surface area (Å²) in [7, 11) is 0. The number of hydrogen-bond acceptors (Lipinski definition) is 4. The highest BCUT2D eigenvalue weighted by atomic mass is 32.2. The third-order valence-corrected chi connectivity index (χ3v) is 0.937. The lowest BCUT2D eigenvalue weighted by Crippen LogP contribution is -1.93. The van der Waals surface area contributed by atoms with Gasteiger partial charge in [0.2, 0.25) is 0 Å². The molecular weight excluding hydrogens is 203 g/mol. The van der Waals surface area contributed by atoms with Gasteiger partial charge in [0.15, 0.2) is 6.26 Å². The second kappa shape index (κ2) is 5.18. The second-order valence-corrected chi connectivity index (χ2v) is 2.26. The van der Waals surface area contributed by atoms with E-state index in [2.05, 4.69) is 8.37 Å². The van der Waals surface area contributed by atoms with E-state index in [-0.39, 0.29) is 6.26 Å². The Bertz CT molecular complexity index is 201. The molecule has 66 valence electrons. The Morgan fingerprint density at radius 3 is 2.27 bits per heavy atom. The highest BCUT2D eigenvalue weighted by Gasteiger charge is 2.01. The molecule has 0 saturated carbocycles. The first-order valence-corrected chi connectivity index (χ1v) is 4.01. The largest absolute Gasteiger partial charge is 0.381 e. The van der Waals surface area contributed by atoms with E-state index in [0.29, 0.717) is 0 Å². The minimum atomic E-state index is -2.81. The Kier molecular flexibility index (Phi) is 4.94. The van der Waals surface area contributed by atoms with Crippen LogP contribution in [0.5, 0.6) is 0 Å². The number of halogens is 1. The molecule has 0 fully saturated rings. The molecule has 0 aromatic heterocycles. The summed E-state index contributed by atoms with van der Waals surface area (Å²) in [5, 5.41) is 0. The van der Waals surface area contributed by atoms with Crippen LogP contribution in [-0.4, -0.2) is 17.5 Å². The summed E-state index contributed by atoms with van der Waals surface area (Å²) in [6.07, 6.45) is 0.0875. The molecule has 0 spiro atoms. The van der Waals surface area contributed by atoms with Gasteiger partial charge in [-0.15, -0.1) is 0 Å². The summed E-state index contributed by atoms with van der Waals surface area (Å²) in [6.45, 7) is 0. The van der Waals surface area contributed by atoms with Crippen molar-refractivity contribution in [2.24, 2.45) is 0 Å². The lowest BCUT2D eigenvalue weighted by atomic mass is 11.0. The molecule has 0 rings (SSSR count). The molecule has 9 heteroatoms. The van der Waals surface area contributed by atoms with Gasteiger partial charge in [-0.3, -0.25) is 9.11 Å². The third-order valence-electron chi connectivity index (χ3n) is 0.374. The molecule has 0 aliphatic carbocycles. The SMILES string of the molecule is O=S(O)O/C=C(\F)OS(=O)O. The lowest BCUT2D eigenvalue weighted by molar-refractivity contribution is 0.272. The molecule has 0 aliphatic heterocycles. The molecule has 0 heterocycles. The summed E-state index contributed by atoms with van der Waals surface area (Å²) >= 11 is -5.49. The Morgan fingerprint density at radius 2 is 1.91 bits per heavy atom. The van der Waals surface area contributed by atoms with Gasteiger partial charge >= 0.3 is 28.7 Å². The maximum atomic E-state index is 11.9. The van der Waals surface area contributed by atoms with E-state index in [1.807, 2.05) is 0 Å². The summed E-state index contributed by atoms with van der Waals surface area (Å²) in [6, 6.07) is -1.58. The van der Waals surface area contributed by atoms with Gasteiger partial charge in [-0.25, -0.2) is 0 Å². The molecule has 0 bridgehead atoms. The molecule has 0 radical (unpaired) electrons. The van der Waals surface area contributed by atoms with Crippen LogP contribution < -0.4 is 0 Å². The highest BCUT2D eigenvalue weighted by Crippen LogP contribution is 2.00. The zero-order chi connectivity index (χ0) is 8.85. The van der Waals surface area contributed by atoms with Crippen LogP contribution in [0.4, 0.5) is 4.39 Å². The molecular formula is C2H3FO6S2. The molecule has 0 aromatic carbocycles. The van der Waals surface area contributed by atoms with Crippen molar-refractivity contribution in [2.75, 3.05) is 0 Å². The van der Waals surface area contributed by atoms with Gasteiger partial charge in [0.05, 0.1) is 0 Å². The highest BCUT2D eigenvalue weighted by molar-refractivity contribution is 7.74. The zero-order valence-electron chi connectivity index (χ0n) is 4.80. The summed E-state index contributed by atoms with van der Waals surface area (Å²) < 4.78 is 54.1. The Hall–Kier alpha value is -0.510. The predicted octanol–water partition coefficient (Wildman–Crippen LogP) is 0.0614. The van der Waals surface area contributed by atoms with Gasteiger partial charge in [0.1, 0.15) is 0 Å². The molecule has 0 amide bonds. The standard InChI is InChI=1S/C2H3FO6S2/c3-2(9-11(6)7)1-8-10(4)5/h1H,(H,4,5)(H,6,7)/b2-1+. The van der Waals surface area contributed by atoms with Crippen molar-refractivity contribution < 1.29 is 30.3 Å². The van der Waals surface area contributed by atoms with E-state index in [0.717, 1.165) is 0 Å². The molecule has 0 aliphatic rings. The van der Waals surface area contributed by atoms with Crippen molar-refractivity contribution in [3.8, 4) is 0 Å². The third kappa shape index (κ3) is 7.39. The normalized spacial score (nSPS) is 17.2. The van der Waals surface area contributed by atoms with Crippen LogP contribution >= 0.6 is 0 Å². The van der Waals surface area contributed by atoms with Crippen molar-refractivity contribution in [2.45, 2.75) is 0 Å². The topological polar surface area (TPSA) is 93.1 Å². The summed E-state index contributed by atoms with van der Waals surface area (Å²) in [5.74, 6) is 0. The Labute approximate surface area is 66.0 Å². The van der Waals surface area contributed by atoms with Crippen LogP contribution in [0.15, 0.2) is 12.3 Å². The van der Waals surface area contributed by atoms with E-state index >= 15 is 0 Å². The lowest BCUT2D eigenvalue weighted by Gasteiger charge is -1.93.